The molecule has 2 aromatic rings. The average Bonchev–Trinajstić information content (AvgIpc) is 2.43. The maximum atomic E-state index is 5.89. The second-order valence-corrected chi connectivity index (χ2v) is 5.10. The third-order valence-electron chi connectivity index (χ3n) is 3.50. The number of likely N-dealkylation sites (tertiary alicyclic amines) is 1. The van der Waals surface area contributed by atoms with Gasteiger partial charge in [0.2, 0.25) is 0 Å². The van der Waals surface area contributed by atoms with E-state index in [9.17, 15) is 0 Å². The Morgan fingerprint density at radius 3 is 2.05 bits per heavy atom. The summed E-state index contributed by atoms with van der Waals surface area (Å²) in [4.78, 5) is 2.42. The Morgan fingerprint density at radius 2 is 1.42 bits per heavy atom. The van der Waals surface area contributed by atoms with Crippen LogP contribution in [0.2, 0.25) is 0 Å². The maximum Gasteiger partial charge on any atom is 0.0833 e. The molecule has 0 aliphatic carbocycles. The molecule has 3 rings (SSSR count). The Bertz CT molecular complexity index is 491. The van der Waals surface area contributed by atoms with Crippen LogP contribution in [0, 0.1) is 0 Å². The Hall–Kier alpha value is -1.64. The van der Waals surface area contributed by atoms with Crippen molar-refractivity contribution in [3.63, 3.8) is 0 Å². The van der Waals surface area contributed by atoms with Crippen LogP contribution in [0.5, 0.6) is 0 Å². The van der Waals surface area contributed by atoms with Crippen LogP contribution >= 0.6 is 0 Å². The molecular weight excluding hydrogens is 234 g/mol. The van der Waals surface area contributed by atoms with E-state index in [1.165, 1.54) is 11.1 Å². The molecule has 0 bridgehead atoms. The van der Waals surface area contributed by atoms with E-state index in [1.807, 2.05) is 6.07 Å². The number of ether oxygens (including phenoxy) is 1. The lowest BCUT2D eigenvalue weighted by molar-refractivity contribution is -0.0658. The topological polar surface area (TPSA) is 12.5 Å². The van der Waals surface area contributed by atoms with Crippen LogP contribution < -0.4 is 0 Å². The summed E-state index contributed by atoms with van der Waals surface area (Å²) in [5.41, 5.74) is 2.63. The van der Waals surface area contributed by atoms with Gasteiger partial charge in [0, 0.05) is 19.6 Å². The summed E-state index contributed by atoms with van der Waals surface area (Å²) >= 11 is 0. The van der Waals surface area contributed by atoms with Gasteiger partial charge in [0.1, 0.15) is 0 Å². The lowest BCUT2D eigenvalue weighted by atomic mass is 10.1. The van der Waals surface area contributed by atoms with Crippen molar-refractivity contribution < 1.29 is 4.74 Å². The van der Waals surface area contributed by atoms with Crippen molar-refractivity contribution in [3.8, 4) is 0 Å². The van der Waals surface area contributed by atoms with Gasteiger partial charge in [-0.05, 0) is 11.1 Å². The third-order valence-corrected chi connectivity index (χ3v) is 3.50. The second-order valence-electron chi connectivity index (χ2n) is 5.10. The highest BCUT2D eigenvalue weighted by molar-refractivity contribution is 5.15. The molecule has 2 heteroatoms. The minimum atomic E-state index is 0.393. The van der Waals surface area contributed by atoms with Gasteiger partial charge in [-0.3, -0.25) is 4.90 Å². The van der Waals surface area contributed by atoms with Crippen LogP contribution in [0.15, 0.2) is 60.7 Å². The molecule has 1 aliphatic rings. The lowest BCUT2D eigenvalue weighted by Crippen LogP contribution is -2.51. The minimum absolute atomic E-state index is 0.393. The molecule has 19 heavy (non-hydrogen) atoms. The van der Waals surface area contributed by atoms with Gasteiger partial charge in [-0.1, -0.05) is 60.7 Å². The summed E-state index contributed by atoms with van der Waals surface area (Å²) in [6, 6.07) is 21.0. The van der Waals surface area contributed by atoms with Crippen molar-refractivity contribution in [2.45, 2.75) is 19.3 Å². The van der Waals surface area contributed by atoms with Gasteiger partial charge < -0.3 is 4.74 Å². The van der Waals surface area contributed by atoms with Gasteiger partial charge in [-0.15, -0.1) is 0 Å². The summed E-state index contributed by atoms with van der Waals surface area (Å²) in [5, 5.41) is 0. The molecule has 0 amide bonds. The average molecular weight is 253 g/mol. The third kappa shape index (κ3) is 3.43. The van der Waals surface area contributed by atoms with E-state index in [0.29, 0.717) is 6.10 Å². The molecule has 0 aromatic heterocycles. The maximum absolute atomic E-state index is 5.89. The molecule has 0 atom stereocenters. The van der Waals surface area contributed by atoms with Gasteiger partial charge in [-0.2, -0.15) is 0 Å². The normalized spacial score (nSPS) is 16.2. The van der Waals surface area contributed by atoms with Crippen molar-refractivity contribution in [3.05, 3.63) is 71.8 Å². The van der Waals surface area contributed by atoms with E-state index >= 15 is 0 Å². The fraction of sp³-hybridized carbons (Fsp3) is 0.294. The number of hydrogen-bond donors (Lipinski definition) is 0. The van der Waals surface area contributed by atoms with Crippen molar-refractivity contribution in [1.82, 2.24) is 4.90 Å². The summed E-state index contributed by atoms with van der Waals surface area (Å²) in [6.45, 7) is 3.85. The van der Waals surface area contributed by atoms with Crippen molar-refractivity contribution in [1.29, 1.82) is 0 Å². The van der Waals surface area contributed by atoms with Crippen LogP contribution in [0.4, 0.5) is 0 Å². The molecule has 0 unspecified atom stereocenters. The minimum Gasteiger partial charge on any atom is -0.371 e. The number of rotatable bonds is 5. The van der Waals surface area contributed by atoms with Gasteiger partial charge >= 0.3 is 0 Å². The lowest BCUT2D eigenvalue weighted by Gasteiger charge is -2.39. The van der Waals surface area contributed by atoms with Crippen molar-refractivity contribution in [2.75, 3.05) is 13.1 Å². The SMILES string of the molecule is c1ccc(COC2CN(Cc3ccccc3)C2)cc1. The fourth-order valence-electron chi connectivity index (χ4n) is 2.39. The first kappa shape index (κ1) is 12.4. The molecule has 1 saturated heterocycles. The fourth-order valence-corrected chi connectivity index (χ4v) is 2.39. The van der Waals surface area contributed by atoms with Gasteiger partial charge in [0.05, 0.1) is 12.7 Å². The zero-order chi connectivity index (χ0) is 12.9. The molecule has 0 radical (unpaired) electrons. The summed E-state index contributed by atoms with van der Waals surface area (Å²) in [5.74, 6) is 0. The van der Waals surface area contributed by atoms with Gasteiger partial charge in [0.15, 0.2) is 0 Å². The van der Waals surface area contributed by atoms with E-state index in [0.717, 1.165) is 26.2 Å². The molecule has 1 aliphatic heterocycles. The molecule has 1 fully saturated rings. The first-order valence-electron chi connectivity index (χ1n) is 6.82. The highest BCUT2D eigenvalue weighted by atomic mass is 16.5. The van der Waals surface area contributed by atoms with Crippen LogP contribution in [0.1, 0.15) is 11.1 Å². The van der Waals surface area contributed by atoms with Crippen LogP contribution in [0.3, 0.4) is 0 Å². The number of nitrogens with zero attached hydrogens (tertiary/aromatic N) is 1. The summed E-state index contributed by atoms with van der Waals surface area (Å²) < 4.78 is 5.89. The molecule has 0 N–H and O–H groups in total. The summed E-state index contributed by atoms with van der Waals surface area (Å²) in [7, 11) is 0. The van der Waals surface area contributed by atoms with E-state index in [4.69, 9.17) is 4.74 Å². The van der Waals surface area contributed by atoms with Crippen molar-refractivity contribution in [2.24, 2.45) is 0 Å². The smallest absolute Gasteiger partial charge is 0.0833 e. The van der Waals surface area contributed by atoms with Crippen LogP contribution in [-0.4, -0.2) is 24.1 Å². The van der Waals surface area contributed by atoms with E-state index in [-0.39, 0.29) is 0 Å². The highest BCUT2D eigenvalue weighted by Gasteiger charge is 2.26. The first-order chi connectivity index (χ1) is 9.40. The quantitative estimate of drug-likeness (QED) is 0.812. The number of hydrogen-bond acceptors (Lipinski definition) is 2. The predicted molar refractivity (Wildman–Crippen MR) is 76.7 cm³/mol. The molecule has 98 valence electrons. The first-order valence-corrected chi connectivity index (χ1v) is 6.82. The Morgan fingerprint density at radius 1 is 0.842 bits per heavy atom. The largest absolute Gasteiger partial charge is 0.371 e. The zero-order valence-corrected chi connectivity index (χ0v) is 11.0. The predicted octanol–water partition coefficient (Wildman–Crippen LogP) is 3.09. The Balaban J connectivity index is 1.39. The van der Waals surface area contributed by atoms with Gasteiger partial charge in [0.25, 0.3) is 0 Å². The molecule has 0 spiro atoms. The van der Waals surface area contributed by atoms with Gasteiger partial charge in [-0.25, -0.2) is 0 Å². The molecular formula is C17H19NO. The molecule has 1 heterocycles. The van der Waals surface area contributed by atoms with E-state index in [2.05, 4.69) is 59.5 Å². The molecule has 0 saturated carbocycles. The Labute approximate surface area is 114 Å². The second kappa shape index (κ2) is 6.00. The number of benzene rings is 2. The molecule has 2 aromatic carbocycles. The monoisotopic (exact) mass is 253 g/mol. The zero-order valence-electron chi connectivity index (χ0n) is 11.0. The molecule has 2 nitrogen and oxygen atoms in total. The van der Waals surface area contributed by atoms with Crippen LogP contribution in [0.25, 0.3) is 0 Å². The van der Waals surface area contributed by atoms with E-state index < -0.39 is 0 Å². The summed E-state index contributed by atoms with van der Waals surface area (Å²) in [6.07, 6.45) is 0.393. The van der Waals surface area contributed by atoms with E-state index in [1.54, 1.807) is 0 Å². The Kier molecular flexibility index (Phi) is 3.92. The van der Waals surface area contributed by atoms with Crippen LogP contribution in [-0.2, 0) is 17.9 Å². The standard InChI is InChI=1S/C17H19NO/c1-3-7-15(8-4-1)11-18-12-17(13-18)19-14-16-9-5-2-6-10-16/h1-10,17H,11-14H2. The highest BCUT2D eigenvalue weighted by Crippen LogP contribution is 2.17. The van der Waals surface area contributed by atoms with Crippen molar-refractivity contribution >= 4 is 0 Å².